The van der Waals surface area contributed by atoms with E-state index in [1.54, 1.807) is 6.08 Å². The predicted molar refractivity (Wildman–Crippen MR) is 65.3 cm³/mol. The van der Waals surface area contributed by atoms with E-state index < -0.39 is 29.2 Å². The van der Waals surface area contributed by atoms with Gasteiger partial charge in [-0.2, -0.15) is 0 Å². The van der Waals surface area contributed by atoms with Crippen LogP contribution in [0.2, 0.25) is 0 Å². The Morgan fingerprint density at radius 3 is 2.63 bits per heavy atom. The van der Waals surface area contributed by atoms with Crippen molar-refractivity contribution in [3.05, 3.63) is 24.8 Å². The second-order valence-corrected chi connectivity index (χ2v) is 4.34. The van der Waals surface area contributed by atoms with Crippen LogP contribution in [0.3, 0.4) is 0 Å². The molecule has 104 valence electrons. The minimum Gasteiger partial charge on any atom is -0.481 e. The third-order valence-corrected chi connectivity index (χ3v) is 3.28. The topological polar surface area (TPSA) is 101 Å². The maximum Gasteiger partial charge on any atom is 0.330 e. The van der Waals surface area contributed by atoms with Gasteiger partial charge in [0, 0.05) is 12.5 Å². The molecule has 6 nitrogen and oxygen atoms in total. The smallest absolute Gasteiger partial charge is 0.330 e. The minimum atomic E-state index is -1.52. The van der Waals surface area contributed by atoms with Gasteiger partial charge in [-0.3, -0.25) is 9.59 Å². The summed E-state index contributed by atoms with van der Waals surface area (Å²) in [6.45, 7) is 3.06. The van der Waals surface area contributed by atoms with Crippen LogP contribution in [0.1, 0.15) is 19.3 Å². The Kier molecular flexibility index (Phi) is 4.86. The van der Waals surface area contributed by atoms with Crippen LogP contribution >= 0.6 is 0 Å². The number of rotatable bonds is 6. The summed E-state index contributed by atoms with van der Waals surface area (Å²) in [7, 11) is 0. The zero-order chi connectivity index (χ0) is 14.5. The summed E-state index contributed by atoms with van der Waals surface area (Å²) >= 11 is 0. The summed E-state index contributed by atoms with van der Waals surface area (Å²) in [6.07, 6.45) is 4.74. The standard InChI is InChI=1S/C13H16O6/c1-2-10(14)19-8-7-13(12(17)18)6-4-3-5-9(13)11(15)16/h2,4,6,9H,1,3,5,7-8H2,(H,15,16)(H,17,18). The van der Waals surface area contributed by atoms with Gasteiger partial charge >= 0.3 is 17.9 Å². The van der Waals surface area contributed by atoms with Crippen LogP contribution in [0, 0.1) is 11.3 Å². The molecular formula is C13H16O6. The van der Waals surface area contributed by atoms with Crippen molar-refractivity contribution in [3.8, 4) is 0 Å². The highest BCUT2D eigenvalue weighted by atomic mass is 16.5. The Morgan fingerprint density at radius 1 is 1.42 bits per heavy atom. The van der Waals surface area contributed by atoms with Gasteiger partial charge in [0.15, 0.2) is 0 Å². The van der Waals surface area contributed by atoms with E-state index in [0.29, 0.717) is 6.42 Å². The average molecular weight is 268 g/mol. The van der Waals surface area contributed by atoms with E-state index in [1.165, 1.54) is 6.08 Å². The minimum absolute atomic E-state index is 0.0740. The van der Waals surface area contributed by atoms with E-state index >= 15 is 0 Å². The summed E-state index contributed by atoms with van der Waals surface area (Å²) in [5, 5.41) is 18.5. The van der Waals surface area contributed by atoms with Crippen LogP contribution in [0.15, 0.2) is 24.8 Å². The van der Waals surface area contributed by atoms with Crippen LogP contribution in [0.25, 0.3) is 0 Å². The van der Waals surface area contributed by atoms with Crippen molar-refractivity contribution in [2.24, 2.45) is 11.3 Å². The molecule has 2 N–H and O–H groups in total. The van der Waals surface area contributed by atoms with Crippen LogP contribution in [-0.2, 0) is 19.1 Å². The molecule has 0 fully saturated rings. The second-order valence-electron chi connectivity index (χ2n) is 4.34. The number of carbonyl (C=O) groups excluding carboxylic acids is 1. The van der Waals surface area contributed by atoms with Gasteiger partial charge in [-0.05, 0) is 12.8 Å². The molecule has 1 aliphatic rings. The number of carbonyl (C=O) groups is 3. The highest BCUT2D eigenvalue weighted by Crippen LogP contribution is 2.40. The fourth-order valence-corrected chi connectivity index (χ4v) is 2.24. The van der Waals surface area contributed by atoms with Gasteiger partial charge in [0.2, 0.25) is 0 Å². The number of aliphatic carboxylic acids is 2. The van der Waals surface area contributed by atoms with Crippen molar-refractivity contribution in [1.29, 1.82) is 0 Å². The van der Waals surface area contributed by atoms with Crippen molar-refractivity contribution in [3.63, 3.8) is 0 Å². The zero-order valence-corrected chi connectivity index (χ0v) is 10.4. The lowest BCUT2D eigenvalue weighted by Gasteiger charge is -2.34. The van der Waals surface area contributed by atoms with Crippen LogP contribution < -0.4 is 0 Å². The van der Waals surface area contributed by atoms with E-state index in [4.69, 9.17) is 9.84 Å². The van der Waals surface area contributed by atoms with E-state index in [1.807, 2.05) is 0 Å². The van der Waals surface area contributed by atoms with Crippen molar-refractivity contribution in [2.45, 2.75) is 19.3 Å². The van der Waals surface area contributed by atoms with Gasteiger partial charge in [-0.15, -0.1) is 0 Å². The fraction of sp³-hybridized carbons (Fsp3) is 0.462. The molecule has 2 atom stereocenters. The van der Waals surface area contributed by atoms with Crippen LogP contribution in [0.4, 0.5) is 0 Å². The van der Waals surface area contributed by atoms with Gasteiger partial charge in [-0.1, -0.05) is 18.7 Å². The van der Waals surface area contributed by atoms with Crippen LogP contribution in [0.5, 0.6) is 0 Å². The molecule has 1 aliphatic carbocycles. The summed E-state index contributed by atoms with van der Waals surface area (Å²) < 4.78 is 4.75. The quantitative estimate of drug-likeness (QED) is 0.427. The molecule has 0 bridgehead atoms. The lowest BCUT2D eigenvalue weighted by atomic mass is 9.68. The van der Waals surface area contributed by atoms with Crippen molar-refractivity contribution >= 4 is 17.9 Å². The zero-order valence-electron chi connectivity index (χ0n) is 10.4. The monoisotopic (exact) mass is 268 g/mol. The average Bonchev–Trinajstić information content (AvgIpc) is 2.38. The molecule has 1 rings (SSSR count). The van der Waals surface area contributed by atoms with Gasteiger partial charge < -0.3 is 14.9 Å². The third kappa shape index (κ3) is 3.21. The van der Waals surface area contributed by atoms with E-state index in [-0.39, 0.29) is 19.4 Å². The number of hydrogen-bond acceptors (Lipinski definition) is 4. The number of carboxylic acids is 2. The Balaban J connectivity index is 2.88. The van der Waals surface area contributed by atoms with Gasteiger partial charge in [-0.25, -0.2) is 4.79 Å². The number of esters is 1. The normalized spacial score (nSPS) is 25.6. The number of hydrogen-bond donors (Lipinski definition) is 2. The maximum absolute atomic E-state index is 11.5. The first kappa shape index (κ1) is 14.9. The molecule has 0 radical (unpaired) electrons. The highest BCUT2D eigenvalue weighted by molar-refractivity contribution is 5.86. The Bertz CT molecular complexity index is 425. The summed E-state index contributed by atoms with van der Waals surface area (Å²) in [5.41, 5.74) is -1.52. The Labute approximate surface area is 110 Å². The molecule has 0 aliphatic heterocycles. The SMILES string of the molecule is C=CC(=O)OCCC1(C(=O)O)C=CCCC1C(=O)O. The number of allylic oxidation sites excluding steroid dienone is 1. The molecule has 0 aromatic heterocycles. The predicted octanol–water partition coefficient (Wildman–Crippen LogP) is 1.23. The summed E-state index contributed by atoms with van der Waals surface area (Å²) in [5.74, 6) is -4.04. The molecule has 0 amide bonds. The van der Waals surface area contributed by atoms with E-state index in [9.17, 15) is 19.5 Å². The number of ether oxygens (including phenoxy) is 1. The first-order valence-electron chi connectivity index (χ1n) is 5.87. The summed E-state index contributed by atoms with van der Waals surface area (Å²) in [6, 6.07) is 0. The van der Waals surface area contributed by atoms with Crippen molar-refractivity contribution < 1.29 is 29.3 Å². The van der Waals surface area contributed by atoms with Gasteiger partial charge in [0.05, 0.1) is 12.5 Å². The molecule has 0 spiro atoms. The maximum atomic E-state index is 11.5. The van der Waals surface area contributed by atoms with Gasteiger partial charge in [0.25, 0.3) is 0 Å². The molecule has 0 aromatic carbocycles. The molecule has 0 saturated heterocycles. The molecule has 2 unspecified atom stereocenters. The lowest BCUT2D eigenvalue weighted by molar-refractivity contribution is -0.161. The molecule has 19 heavy (non-hydrogen) atoms. The highest BCUT2D eigenvalue weighted by Gasteiger charge is 2.48. The number of carboxylic acid groups (broad SMARTS) is 2. The first-order chi connectivity index (χ1) is 8.94. The van der Waals surface area contributed by atoms with E-state index in [2.05, 4.69) is 6.58 Å². The van der Waals surface area contributed by atoms with Gasteiger partial charge in [0.1, 0.15) is 5.41 Å². The van der Waals surface area contributed by atoms with Crippen molar-refractivity contribution in [2.75, 3.05) is 6.61 Å². The molecule has 6 heteroatoms. The van der Waals surface area contributed by atoms with Crippen molar-refractivity contribution in [1.82, 2.24) is 0 Å². The fourth-order valence-electron chi connectivity index (χ4n) is 2.24. The molecular weight excluding hydrogens is 252 g/mol. The lowest BCUT2D eigenvalue weighted by Crippen LogP contribution is -2.43. The second kappa shape index (κ2) is 6.17. The Morgan fingerprint density at radius 2 is 2.11 bits per heavy atom. The third-order valence-electron chi connectivity index (χ3n) is 3.28. The van der Waals surface area contributed by atoms with E-state index in [0.717, 1.165) is 6.08 Å². The Hall–Kier alpha value is -2.11. The summed E-state index contributed by atoms with van der Waals surface area (Å²) in [4.78, 5) is 33.6. The van der Waals surface area contributed by atoms with Crippen LogP contribution in [-0.4, -0.2) is 34.7 Å². The first-order valence-corrected chi connectivity index (χ1v) is 5.87. The largest absolute Gasteiger partial charge is 0.481 e. The molecule has 0 aromatic rings. The molecule has 0 heterocycles. The molecule has 0 saturated carbocycles.